The lowest BCUT2D eigenvalue weighted by molar-refractivity contribution is 0.0686. The maximum absolute atomic E-state index is 10.8. The number of hydrogen-bond donors (Lipinski definition) is 1. The molecule has 5 nitrogen and oxygen atoms in total. The summed E-state index contributed by atoms with van der Waals surface area (Å²) in [5.41, 5.74) is 1.60. The third-order valence-corrected chi connectivity index (χ3v) is 3.54. The summed E-state index contributed by atoms with van der Waals surface area (Å²) in [5.74, 6) is -0.653. The normalized spacial score (nSPS) is 10.9. The molecule has 3 aromatic rings. The fraction of sp³-hybridized carbons (Fsp3) is 0.0833. The average molecular weight is 260 g/mol. The Morgan fingerprint density at radius 3 is 3.00 bits per heavy atom. The summed E-state index contributed by atoms with van der Waals surface area (Å²) < 4.78 is 6.05. The zero-order chi connectivity index (χ0) is 12.7. The number of carboxylic acids is 1. The summed E-state index contributed by atoms with van der Waals surface area (Å²) in [6.45, 7) is 1.93. The molecule has 0 spiro atoms. The van der Waals surface area contributed by atoms with Gasteiger partial charge in [0.05, 0.1) is 15.2 Å². The maximum Gasteiger partial charge on any atom is 0.358 e. The van der Waals surface area contributed by atoms with Crippen molar-refractivity contribution in [1.29, 1.82) is 0 Å². The molecule has 18 heavy (non-hydrogen) atoms. The monoisotopic (exact) mass is 260 g/mol. The molecular weight excluding hydrogens is 252 g/mol. The van der Waals surface area contributed by atoms with Crippen LogP contribution in [0.25, 0.3) is 21.5 Å². The number of thiazole rings is 1. The van der Waals surface area contributed by atoms with E-state index >= 15 is 0 Å². The number of rotatable bonds is 2. The summed E-state index contributed by atoms with van der Waals surface area (Å²) in [6.07, 6.45) is 0. The van der Waals surface area contributed by atoms with Crippen LogP contribution in [0.15, 0.2) is 28.8 Å². The number of carboxylic acid groups (broad SMARTS) is 1. The molecular formula is C12H8N2O3S. The minimum Gasteiger partial charge on any atom is -0.476 e. The lowest BCUT2D eigenvalue weighted by atomic mass is 10.1. The largest absolute Gasteiger partial charge is 0.476 e. The lowest BCUT2D eigenvalue weighted by Gasteiger charge is -1.95. The molecule has 0 saturated heterocycles. The summed E-state index contributed by atoms with van der Waals surface area (Å²) in [7, 11) is 0. The first-order valence-electron chi connectivity index (χ1n) is 5.21. The lowest BCUT2D eigenvalue weighted by Crippen LogP contribution is -1.94. The molecule has 0 unspecified atom stereocenters. The highest BCUT2D eigenvalue weighted by atomic mass is 32.1. The van der Waals surface area contributed by atoms with Gasteiger partial charge in [0, 0.05) is 11.6 Å². The van der Waals surface area contributed by atoms with Gasteiger partial charge in [-0.05, 0) is 19.1 Å². The van der Waals surface area contributed by atoms with Crippen molar-refractivity contribution in [1.82, 2.24) is 10.1 Å². The standard InChI is InChI=1S/C12H8N2O3S/c1-6-13-8-4-2-3-7(11(8)18-6)10-5-9(12(15)16)14-17-10/h2-5H,1H3,(H,15,16). The van der Waals surface area contributed by atoms with Crippen molar-refractivity contribution in [3.63, 3.8) is 0 Å². The van der Waals surface area contributed by atoms with Crippen molar-refractivity contribution in [2.24, 2.45) is 0 Å². The minimum absolute atomic E-state index is 0.0942. The molecule has 2 heterocycles. The summed E-state index contributed by atoms with van der Waals surface area (Å²) in [4.78, 5) is 15.2. The molecule has 90 valence electrons. The highest BCUT2D eigenvalue weighted by Gasteiger charge is 2.15. The van der Waals surface area contributed by atoms with E-state index in [1.54, 1.807) is 11.3 Å². The SMILES string of the molecule is Cc1nc2cccc(-c3cc(C(=O)O)no3)c2s1. The number of aromatic carboxylic acids is 1. The van der Waals surface area contributed by atoms with E-state index in [1.165, 1.54) is 6.07 Å². The molecule has 6 heteroatoms. The second-order valence-corrected chi connectivity index (χ2v) is 4.97. The Morgan fingerprint density at radius 2 is 2.28 bits per heavy atom. The van der Waals surface area contributed by atoms with E-state index in [9.17, 15) is 4.79 Å². The van der Waals surface area contributed by atoms with Gasteiger partial charge in [-0.15, -0.1) is 11.3 Å². The number of hydrogen-bond acceptors (Lipinski definition) is 5. The summed E-state index contributed by atoms with van der Waals surface area (Å²) in [6, 6.07) is 7.06. The predicted molar refractivity (Wildman–Crippen MR) is 66.8 cm³/mol. The predicted octanol–water partition coefficient (Wildman–Crippen LogP) is 2.96. The van der Waals surface area contributed by atoms with Crippen LogP contribution >= 0.6 is 11.3 Å². The van der Waals surface area contributed by atoms with Crippen molar-refractivity contribution in [2.75, 3.05) is 0 Å². The van der Waals surface area contributed by atoms with Gasteiger partial charge in [0.2, 0.25) is 0 Å². The second kappa shape index (κ2) is 3.92. The van der Waals surface area contributed by atoms with Crippen LogP contribution in [0.5, 0.6) is 0 Å². The smallest absolute Gasteiger partial charge is 0.358 e. The molecule has 2 aromatic heterocycles. The number of carbonyl (C=O) groups is 1. The minimum atomic E-state index is -1.10. The number of nitrogens with zero attached hydrogens (tertiary/aromatic N) is 2. The Labute approximate surface area is 106 Å². The molecule has 3 rings (SSSR count). The molecule has 0 aliphatic heterocycles. The molecule has 0 radical (unpaired) electrons. The summed E-state index contributed by atoms with van der Waals surface area (Å²) in [5, 5.41) is 13.3. The highest BCUT2D eigenvalue weighted by Crippen LogP contribution is 2.32. The van der Waals surface area contributed by atoms with E-state index < -0.39 is 5.97 Å². The van der Waals surface area contributed by atoms with Crippen LogP contribution in [-0.4, -0.2) is 21.2 Å². The fourth-order valence-corrected chi connectivity index (χ4v) is 2.69. The van der Waals surface area contributed by atoms with Crippen LogP contribution in [-0.2, 0) is 0 Å². The zero-order valence-corrected chi connectivity index (χ0v) is 10.2. The first-order valence-corrected chi connectivity index (χ1v) is 6.03. The Hall–Kier alpha value is -2.21. The average Bonchev–Trinajstić information content (AvgIpc) is 2.92. The number of fused-ring (bicyclic) bond motifs is 1. The van der Waals surface area contributed by atoms with Gasteiger partial charge in [0.25, 0.3) is 0 Å². The Balaban J connectivity index is 2.21. The van der Waals surface area contributed by atoms with E-state index in [0.717, 1.165) is 20.8 Å². The quantitative estimate of drug-likeness (QED) is 0.766. The van der Waals surface area contributed by atoms with E-state index in [4.69, 9.17) is 9.63 Å². The van der Waals surface area contributed by atoms with E-state index in [0.29, 0.717) is 5.76 Å². The van der Waals surface area contributed by atoms with Gasteiger partial charge in [-0.3, -0.25) is 0 Å². The van der Waals surface area contributed by atoms with Gasteiger partial charge in [-0.25, -0.2) is 9.78 Å². The van der Waals surface area contributed by atoms with E-state index in [-0.39, 0.29) is 5.69 Å². The maximum atomic E-state index is 10.8. The third-order valence-electron chi connectivity index (χ3n) is 2.52. The first-order chi connectivity index (χ1) is 8.65. The van der Waals surface area contributed by atoms with Crippen LogP contribution < -0.4 is 0 Å². The van der Waals surface area contributed by atoms with Crippen LogP contribution in [0.1, 0.15) is 15.5 Å². The van der Waals surface area contributed by atoms with Crippen LogP contribution in [0, 0.1) is 6.92 Å². The second-order valence-electron chi connectivity index (χ2n) is 3.77. The molecule has 1 aromatic carbocycles. The van der Waals surface area contributed by atoms with Crippen molar-refractivity contribution >= 4 is 27.5 Å². The third kappa shape index (κ3) is 1.67. The molecule has 0 bridgehead atoms. The fourth-order valence-electron chi connectivity index (χ4n) is 1.76. The van der Waals surface area contributed by atoms with Crippen molar-refractivity contribution < 1.29 is 14.4 Å². The van der Waals surface area contributed by atoms with Gasteiger partial charge in [-0.2, -0.15) is 0 Å². The van der Waals surface area contributed by atoms with Gasteiger partial charge in [0.1, 0.15) is 0 Å². The van der Waals surface area contributed by atoms with Gasteiger partial charge >= 0.3 is 5.97 Å². The van der Waals surface area contributed by atoms with Crippen LogP contribution in [0.3, 0.4) is 0 Å². The highest BCUT2D eigenvalue weighted by molar-refractivity contribution is 7.19. The van der Waals surface area contributed by atoms with E-state index in [1.807, 2.05) is 25.1 Å². The van der Waals surface area contributed by atoms with Gasteiger partial charge in [-0.1, -0.05) is 11.2 Å². The molecule has 0 atom stereocenters. The molecule has 0 aliphatic carbocycles. The first kappa shape index (κ1) is 10.9. The zero-order valence-electron chi connectivity index (χ0n) is 9.38. The number of aryl methyl sites for hydroxylation is 1. The van der Waals surface area contributed by atoms with Crippen LogP contribution in [0.4, 0.5) is 0 Å². The Bertz CT molecular complexity index is 745. The molecule has 0 amide bonds. The van der Waals surface area contributed by atoms with Crippen molar-refractivity contribution in [3.05, 3.63) is 35.0 Å². The Kier molecular flexibility index (Phi) is 2.38. The van der Waals surface area contributed by atoms with Gasteiger partial charge in [0.15, 0.2) is 11.5 Å². The Morgan fingerprint density at radius 1 is 1.44 bits per heavy atom. The van der Waals surface area contributed by atoms with E-state index in [2.05, 4.69) is 10.1 Å². The van der Waals surface area contributed by atoms with Crippen LogP contribution in [0.2, 0.25) is 0 Å². The number of aromatic nitrogens is 2. The van der Waals surface area contributed by atoms with Crippen molar-refractivity contribution in [2.45, 2.75) is 6.92 Å². The molecule has 1 N–H and O–H groups in total. The summed E-state index contributed by atoms with van der Waals surface area (Å²) >= 11 is 1.54. The molecule has 0 fully saturated rings. The topological polar surface area (TPSA) is 76.2 Å². The van der Waals surface area contributed by atoms with Gasteiger partial charge < -0.3 is 9.63 Å². The number of benzene rings is 1. The van der Waals surface area contributed by atoms with Crippen molar-refractivity contribution in [3.8, 4) is 11.3 Å². The molecule has 0 aliphatic rings. The molecule has 0 saturated carbocycles.